The molecule has 0 aliphatic rings. The third-order valence-electron chi connectivity index (χ3n) is 3.71. The minimum atomic E-state index is -0.0400. The van der Waals surface area contributed by atoms with Crippen molar-refractivity contribution in [2.45, 2.75) is 59.9 Å². The summed E-state index contributed by atoms with van der Waals surface area (Å²) in [7, 11) is 0. The van der Waals surface area contributed by atoms with Crippen LogP contribution in [-0.2, 0) is 18.4 Å². The molecule has 0 radical (unpaired) electrons. The van der Waals surface area contributed by atoms with Gasteiger partial charge < -0.3 is 15.1 Å². The molecule has 0 atom stereocenters. The first-order valence-electron chi connectivity index (χ1n) is 8.70. The number of rotatable bonds is 6. The summed E-state index contributed by atoms with van der Waals surface area (Å²) in [4.78, 5) is 14.7. The largest absolute Gasteiger partial charge is 0.443 e. The van der Waals surface area contributed by atoms with Gasteiger partial charge in [0.1, 0.15) is 12.3 Å². The van der Waals surface area contributed by atoms with E-state index >= 15 is 0 Å². The van der Waals surface area contributed by atoms with Crippen LogP contribution in [0.4, 0.5) is 0 Å². The molecule has 2 rings (SSSR count). The molecular formula is C18H29N5OS. The predicted molar refractivity (Wildman–Crippen MR) is 103 cm³/mol. The Balaban J connectivity index is 1.90. The quantitative estimate of drug-likeness (QED) is 0.608. The lowest BCUT2D eigenvalue weighted by atomic mass is 9.94. The Labute approximate surface area is 154 Å². The number of nitrogens with zero attached hydrogens (tertiary/aromatic N) is 3. The van der Waals surface area contributed by atoms with Crippen LogP contribution < -0.4 is 10.6 Å². The molecule has 25 heavy (non-hydrogen) atoms. The molecule has 7 heteroatoms. The van der Waals surface area contributed by atoms with Crippen LogP contribution in [0.15, 0.2) is 15.6 Å². The van der Waals surface area contributed by atoms with Crippen LogP contribution in [0.2, 0.25) is 0 Å². The highest BCUT2D eigenvalue weighted by atomic mass is 32.1. The van der Waals surface area contributed by atoms with Gasteiger partial charge in [0.15, 0.2) is 5.96 Å². The molecule has 0 unspecified atom stereocenters. The van der Waals surface area contributed by atoms with E-state index in [2.05, 4.69) is 60.2 Å². The minimum absolute atomic E-state index is 0.0400. The van der Waals surface area contributed by atoms with Gasteiger partial charge >= 0.3 is 0 Å². The minimum Gasteiger partial charge on any atom is -0.443 e. The van der Waals surface area contributed by atoms with E-state index in [0.29, 0.717) is 12.4 Å². The second-order valence-corrected chi connectivity index (χ2v) is 8.28. The number of hydrogen-bond donors (Lipinski definition) is 2. The van der Waals surface area contributed by atoms with Gasteiger partial charge in [-0.25, -0.2) is 15.0 Å². The number of aryl methyl sites for hydroxylation is 2. The van der Waals surface area contributed by atoms with Crippen molar-refractivity contribution in [3.8, 4) is 0 Å². The summed E-state index contributed by atoms with van der Waals surface area (Å²) in [5.74, 6) is 2.28. The van der Waals surface area contributed by atoms with Crippen molar-refractivity contribution in [1.82, 2.24) is 20.6 Å². The molecule has 0 aromatic carbocycles. The van der Waals surface area contributed by atoms with E-state index in [9.17, 15) is 0 Å². The number of aliphatic imine (C=N–C) groups is 1. The van der Waals surface area contributed by atoms with Crippen molar-refractivity contribution in [2.75, 3.05) is 13.1 Å². The topological polar surface area (TPSA) is 75.3 Å². The zero-order valence-corrected chi connectivity index (χ0v) is 16.9. The number of guanidine groups is 1. The van der Waals surface area contributed by atoms with Crippen LogP contribution in [0.1, 0.15) is 54.9 Å². The molecule has 0 saturated heterocycles. The highest BCUT2D eigenvalue weighted by Crippen LogP contribution is 2.22. The van der Waals surface area contributed by atoms with Gasteiger partial charge in [0.2, 0.25) is 5.89 Å². The van der Waals surface area contributed by atoms with Gasteiger partial charge in [-0.2, -0.15) is 0 Å². The maximum absolute atomic E-state index is 5.78. The summed E-state index contributed by atoms with van der Waals surface area (Å²) >= 11 is 1.76. The van der Waals surface area contributed by atoms with Gasteiger partial charge in [0.05, 0.1) is 16.9 Å². The van der Waals surface area contributed by atoms with Crippen molar-refractivity contribution < 1.29 is 4.42 Å². The SMILES string of the molecule is CCNC(=NCc1ncc(C(C)(C)C)o1)NCCc1nc(C)c(C)s1. The van der Waals surface area contributed by atoms with Gasteiger partial charge in [0, 0.05) is 29.8 Å². The number of aromatic nitrogens is 2. The van der Waals surface area contributed by atoms with Crippen LogP contribution in [0.5, 0.6) is 0 Å². The summed E-state index contributed by atoms with van der Waals surface area (Å²) in [6, 6.07) is 0. The predicted octanol–water partition coefficient (Wildman–Crippen LogP) is 3.34. The van der Waals surface area contributed by atoms with E-state index in [1.165, 1.54) is 4.88 Å². The van der Waals surface area contributed by atoms with Crippen molar-refractivity contribution in [3.05, 3.63) is 33.4 Å². The summed E-state index contributed by atoms with van der Waals surface area (Å²) in [6.45, 7) is 14.5. The Kier molecular flexibility index (Phi) is 6.58. The van der Waals surface area contributed by atoms with Gasteiger partial charge in [-0.15, -0.1) is 11.3 Å². The first kappa shape index (κ1) is 19.4. The van der Waals surface area contributed by atoms with Gasteiger partial charge in [-0.1, -0.05) is 20.8 Å². The second-order valence-electron chi connectivity index (χ2n) is 6.99. The molecule has 2 aromatic rings. The Morgan fingerprint density at radius 3 is 2.60 bits per heavy atom. The van der Waals surface area contributed by atoms with Gasteiger partial charge in [-0.05, 0) is 20.8 Å². The average molecular weight is 364 g/mol. The van der Waals surface area contributed by atoms with E-state index in [1.807, 2.05) is 6.92 Å². The van der Waals surface area contributed by atoms with Crippen LogP contribution in [0, 0.1) is 13.8 Å². The van der Waals surface area contributed by atoms with Crippen LogP contribution in [-0.4, -0.2) is 29.0 Å². The zero-order chi connectivity index (χ0) is 18.4. The molecule has 0 aliphatic carbocycles. The molecular weight excluding hydrogens is 334 g/mol. The van der Waals surface area contributed by atoms with E-state index in [0.717, 1.165) is 41.9 Å². The molecule has 2 aromatic heterocycles. The highest BCUT2D eigenvalue weighted by Gasteiger charge is 2.19. The van der Waals surface area contributed by atoms with Crippen LogP contribution in [0.25, 0.3) is 0 Å². The Bertz CT molecular complexity index is 692. The monoisotopic (exact) mass is 363 g/mol. The maximum atomic E-state index is 5.78. The van der Waals surface area contributed by atoms with Crippen molar-refractivity contribution in [1.29, 1.82) is 0 Å². The fraction of sp³-hybridized carbons (Fsp3) is 0.611. The summed E-state index contributed by atoms with van der Waals surface area (Å²) < 4.78 is 5.78. The van der Waals surface area contributed by atoms with Crippen molar-refractivity contribution in [2.24, 2.45) is 4.99 Å². The van der Waals surface area contributed by atoms with Crippen LogP contribution in [0.3, 0.4) is 0 Å². The molecule has 0 bridgehead atoms. The fourth-order valence-corrected chi connectivity index (χ4v) is 3.09. The first-order chi connectivity index (χ1) is 11.8. The summed E-state index contributed by atoms with van der Waals surface area (Å²) in [5, 5.41) is 7.74. The molecule has 0 amide bonds. The lowest BCUT2D eigenvalue weighted by molar-refractivity contribution is 0.383. The fourth-order valence-electron chi connectivity index (χ4n) is 2.15. The van der Waals surface area contributed by atoms with Crippen molar-refractivity contribution >= 4 is 17.3 Å². The molecule has 6 nitrogen and oxygen atoms in total. The highest BCUT2D eigenvalue weighted by molar-refractivity contribution is 7.11. The molecule has 2 heterocycles. The Morgan fingerprint density at radius 1 is 1.28 bits per heavy atom. The summed E-state index contributed by atoms with van der Waals surface area (Å²) in [5.41, 5.74) is 1.08. The molecule has 2 N–H and O–H groups in total. The lowest BCUT2D eigenvalue weighted by Crippen LogP contribution is -2.38. The van der Waals surface area contributed by atoms with Gasteiger partial charge in [0.25, 0.3) is 0 Å². The third-order valence-corrected chi connectivity index (χ3v) is 4.85. The van der Waals surface area contributed by atoms with Crippen LogP contribution >= 0.6 is 11.3 Å². The normalized spacial score (nSPS) is 12.5. The van der Waals surface area contributed by atoms with E-state index in [1.54, 1.807) is 17.5 Å². The number of hydrogen-bond acceptors (Lipinski definition) is 5. The van der Waals surface area contributed by atoms with E-state index < -0.39 is 0 Å². The van der Waals surface area contributed by atoms with Gasteiger partial charge in [-0.3, -0.25) is 0 Å². The third kappa shape index (κ3) is 5.85. The zero-order valence-electron chi connectivity index (χ0n) is 16.1. The molecule has 0 saturated carbocycles. The molecule has 0 fully saturated rings. The molecule has 138 valence electrons. The number of nitrogens with one attached hydrogen (secondary N) is 2. The standard InChI is InChI=1S/C18H29N5OS/c1-7-19-17(20-9-8-16-23-12(2)13(3)25-16)22-11-15-21-10-14(24-15)18(4,5)6/h10H,7-9,11H2,1-6H3,(H2,19,20,22). The molecule has 0 aliphatic heterocycles. The molecule has 0 spiro atoms. The Morgan fingerprint density at radius 2 is 2.04 bits per heavy atom. The Hall–Kier alpha value is -1.89. The average Bonchev–Trinajstić information content (AvgIpc) is 3.12. The lowest BCUT2D eigenvalue weighted by Gasteiger charge is -2.13. The number of oxazole rings is 1. The smallest absolute Gasteiger partial charge is 0.216 e. The van der Waals surface area contributed by atoms with Crippen molar-refractivity contribution in [3.63, 3.8) is 0 Å². The maximum Gasteiger partial charge on any atom is 0.216 e. The van der Waals surface area contributed by atoms with E-state index in [-0.39, 0.29) is 5.41 Å². The summed E-state index contributed by atoms with van der Waals surface area (Å²) in [6.07, 6.45) is 2.68. The first-order valence-corrected chi connectivity index (χ1v) is 9.51. The van der Waals surface area contributed by atoms with E-state index in [4.69, 9.17) is 4.42 Å². The number of thiazole rings is 1. The second kappa shape index (κ2) is 8.47.